The minimum absolute atomic E-state index is 0.570. The highest BCUT2D eigenvalue weighted by molar-refractivity contribution is 6.17. The lowest BCUT2D eigenvalue weighted by Gasteiger charge is -2.02. The fraction of sp³-hybridized carbons (Fsp3) is 0.250. The summed E-state index contributed by atoms with van der Waals surface area (Å²) in [6.07, 6.45) is 3.02. The average Bonchev–Trinajstić information content (AvgIpc) is 2.97. The van der Waals surface area contributed by atoms with Gasteiger partial charge in [0.2, 0.25) is 5.89 Å². The second-order valence-electron chi connectivity index (χ2n) is 5.69. The Morgan fingerprint density at radius 3 is 2.30 bits per heavy atom. The van der Waals surface area contributed by atoms with Gasteiger partial charge in [-0.15, -0.1) is 11.6 Å². The third-order valence-electron chi connectivity index (χ3n) is 3.97. The molecular weight excluding hydrogens is 306 g/mol. The zero-order chi connectivity index (χ0) is 16.1. The van der Waals surface area contributed by atoms with Gasteiger partial charge in [0.05, 0.1) is 5.69 Å². The molecule has 0 atom stereocenters. The summed E-state index contributed by atoms with van der Waals surface area (Å²) >= 11 is 5.82. The third-order valence-corrected chi connectivity index (χ3v) is 4.28. The van der Waals surface area contributed by atoms with E-state index in [1.807, 2.05) is 37.3 Å². The van der Waals surface area contributed by atoms with Crippen LogP contribution in [0.4, 0.5) is 0 Å². The number of nitrogens with zero attached hydrogens (tertiary/aromatic N) is 1. The van der Waals surface area contributed by atoms with Crippen LogP contribution in [0.3, 0.4) is 0 Å². The number of rotatable bonds is 6. The Balaban J connectivity index is 1.61. The second-order valence-corrected chi connectivity index (χ2v) is 5.96. The minimum Gasteiger partial charge on any atom is -0.441 e. The summed E-state index contributed by atoms with van der Waals surface area (Å²) < 4.78 is 5.81. The maximum absolute atomic E-state index is 5.82. The van der Waals surface area contributed by atoms with E-state index in [0.717, 1.165) is 41.8 Å². The van der Waals surface area contributed by atoms with Gasteiger partial charge >= 0.3 is 0 Å². The van der Waals surface area contributed by atoms with Crippen molar-refractivity contribution < 1.29 is 4.42 Å². The second kappa shape index (κ2) is 7.47. The van der Waals surface area contributed by atoms with Crippen molar-refractivity contribution in [1.82, 2.24) is 4.98 Å². The molecule has 0 amide bonds. The first-order valence-corrected chi connectivity index (χ1v) is 8.45. The summed E-state index contributed by atoms with van der Waals surface area (Å²) in [5.74, 6) is 2.20. The minimum atomic E-state index is 0.570. The van der Waals surface area contributed by atoms with E-state index in [0.29, 0.717) is 11.8 Å². The molecule has 118 valence electrons. The Morgan fingerprint density at radius 2 is 1.61 bits per heavy atom. The lowest BCUT2D eigenvalue weighted by molar-refractivity contribution is 0.538. The maximum Gasteiger partial charge on any atom is 0.226 e. The van der Waals surface area contributed by atoms with Crippen LogP contribution in [0, 0.1) is 6.92 Å². The first kappa shape index (κ1) is 15.8. The Kier molecular flexibility index (Phi) is 5.14. The smallest absolute Gasteiger partial charge is 0.226 e. The van der Waals surface area contributed by atoms with Gasteiger partial charge in [0.25, 0.3) is 0 Å². The lowest BCUT2D eigenvalue weighted by atomic mass is 10.1. The average molecular weight is 326 g/mol. The predicted octanol–water partition coefficient (Wildman–Crippen LogP) is 5.56. The number of halogens is 1. The molecule has 0 fully saturated rings. The predicted molar refractivity (Wildman–Crippen MR) is 94.7 cm³/mol. The topological polar surface area (TPSA) is 26.0 Å². The summed E-state index contributed by atoms with van der Waals surface area (Å²) in [6, 6.07) is 18.5. The van der Waals surface area contributed by atoms with Crippen molar-refractivity contribution in [3.05, 3.63) is 77.2 Å². The van der Waals surface area contributed by atoms with E-state index in [1.54, 1.807) is 0 Å². The first-order valence-electron chi connectivity index (χ1n) is 7.92. The van der Waals surface area contributed by atoms with Gasteiger partial charge in [-0.2, -0.15) is 0 Å². The van der Waals surface area contributed by atoms with Crippen molar-refractivity contribution in [3.63, 3.8) is 0 Å². The van der Waals surface area contributed by atoms with Crippen LogP contribution >= 0.6 is 11.6 Å². The van der Waals surface area contributed by atoms with Gasteiger partial charge in [-0.25, -0.2) is 4.98 Å². The van der Waals surface area contributed by atoms with Gasteiger partial charge in [-0.1, -0.05) is 42.5 Å². The zero-order valence-corrected chi connectivity index (χ0v) is 14.0. The molecule has 3 rings (SSSR count). The molecule has 0 saturated heterocycles. The molecule has 0 saturated carbocycles. The van der Waals surface area contributed by atoms with Crippen molar-refractivity contribution >= 4 is 11.6 Å². The van der Waals surface area contributed by atoms with Crippen molar-refractivity contribution in [2.45, 2.75) is 32.1 Å². The van der Waals surface area contributed by atoms with E-state index in [1.165, 1.54) is 5.56 Å². The monoisotopic (exact) mass is 325 g/mol. The summed E-state index contributed by atoms with van der Waals surface area (Å²) in [5.41, 5.74) is 4.58. The van der Waals surface area contributed by atoms with E-state index in [4.69, 9.17) is 16.0 Å². The Bertz CT molecular complexity index is 747. The van der Waals surface area contributed by atoms with E-state index < -0.39 is 0 Å². The number of hydrogen-bond donors (Lipinski definition) is 0. The molecular formula is C20H20ClNO. The quantitative estimate of drug-likeness (QED) is 0.554. The number of aryl methyl sites for hydroxylation is 3. The maximum atomic E-state index is 5.82. The molecule has 0 aliphatic rings. The fourth-order valence-electron chi connectivity index (χ4n) is 2.62. The van der Waals surface area contributed by atoms with Crippen LogP contribution < -0.4 is 0 Å². The summed E-state index contributed by atoms with van der Waals surface area (Å²) in [5, 5.41) is 0. The van der Waals surface area contributed by atoms with E-state index in [9.17, 15) is 0 Å². The van der Waals surface area contributed by atoms with Crippen molar-refractivity contribution in [3.8, 4) is 11.5 Å². The molecule has 0 aliphatic heterocycles. The zero-order valence-electron chi connectivity index (χ0n) is 13.3. The van der Waals surface area contributed by atoms with Gasteiger partial charge in [0.1, 0.15) is 5.76 Å². The van der Waals surface area contributed by atoms with E-state index in [2.05, 4.69) is 29.2 Å². The highest BCUT2D eigenvalue weighted by Crippen LogP contribution is 2.22. The molecule has 0 spiro atoms. The number of oxazole rings is 1. The molecule has 23 heavy (non-hydrogen) atoms. The van der Waals surface area contributed by atoms with Crippen LogP contribution in [0.5, 0.6) is 0 Å². The van der Waals surface area contributed by atoms with Gasteiger partial charge < -0.3 is 4.42 Å². The molecule has 0 radical (unpaired) electrons. The molecule has 3 aromatic rings. The highest BCUT2D eigenvalue weighted by atomic mass is 35.5. The highest BCUT2D eigenvalue weighted by Gasteiger charge is 2.10. The number of hydrogen-bond acceptors (Lipinski definition) is 2. The summed E-state index contributed by atoms with van der Waals surface area (Å²) in [4.78, 5) is 4.65. The molecule has 0 bridgehead atoms. The molecule has 0 unspecified atom stereocenters. The first-order chi connectivity index (χ1) is 11.3. The van der Waals surface area contributed by atoms with Crippen molar-refractivity contribution in [1.29, 1.82) is 0 Å². The van der Waals surface area contributed by atoms with Crippen LogP contribution in [-0.2, 0) is 18.7 Å². The van der Waals surface area contributed by atoms with Crippen LogP contribution in [0.1, 0.15) is 29.0 Å². The summed E-state index contributed by atoms with van der Waals surface area (Å²) in [7, 11) is 0. The lowest BCUT2D eigenvalue weighted by Crippen LogP contribution is -1.93. The van der Waals surface area contributed by atoms with Crippen LogP contribution in [-0.4, -0.2) is 4.98 Å². The Hall–Kier alpha value is -2.06. The molecule has 0 N–H and O–H groups in total. The van der Waals surface area contributed by atoms with Gasteiger partial charge in [0, 0.05) is 11.4 Å². The SMILES string of the molecule is Cc1oc(-c2ccccc2)nc1CCCc1ccc(CCl)cc1. The number of alkyl halides is 1. The molecule has 2 aromatic carbocycles. The van der Waals surface area contributed by atoms with Crippen LogP contribution in [0.15, 0.2) is 59.0 Å². The number of benzene rings is 2. The third kappa shape index (κ3) is 4.02. The van der Waals surface area contributed by atoms with Gasteiger partial charge in [0.15, 0.2) is 0 Å². The van der Waals surface area contributed by atoms with Crippen LogP contribution in [0.2, 0.25) is 0 Å². The summed E-state index contributed by atoms with van der Waals surface area (Å²) in [6.45, 7) is 1.99. The van der Waals surface area contributed by atoms with Crippen molar-refractivity contribution in [2.24, 2.45) is 0 Å². The van der Waals surface area contributed by atoms with Gasteiger partial charge in [-0.05, 0) is 49.4 Å². The fourth-order valence-corrected chi connectivity index (χ4v) is 2.80. The standard InChI is InChI=1S/C20H20ClNO/c1-15-19(22-20(23-15)18-7-3-2-4-8-18)9-5-6-16-10-12-17(14-21)13-11-16/h2-4,7-8,10-13H,5-6,9,14H2,1H3. The molecule has 1 aromatic heterocycles. The van der Waals surface area contributed by atoms with E-state index in [-0.39, 0.29) is 0 Å². The van der Waals surface area contributed by atoms with Crippen molar-refractivity contribution in [2.75, 3.05) is 0 Å². The van der Waals surface area contributed by atoms with Gasteiger partial charge in [-0.3, -0.25) is 0 Å². The normalized spacial score (nSPS) is 10.9. The Labute approximate surface area is 142 Å². The van der Waals surface area contributed by atoms with E-state index >= 15 is 0 Å². The molecule has 1 heterocycles. The molecule has 2 nitrogen and oxygen atoms in total. The number of aromatic nitrogens is 1. The molecule has 3 heteroatoms. The Morgan fingerprint density at radius 1 is 0.913 bits per heavy atom. The van der Waals surface area contributed by atoms with Crippen LogP contribution in [0.25, 0.3) is 11.5 Å². The largest absolute Gasteiger partial charge is 0.441 e. The molecule has 0 aliphatic carbocycles.